The molecule has 0 N–H and O–H groups in total. The SMILES string of the molecule is Cn1c(N2CCCC(C(=O)c3ccc4c(c3)OCCO4)C2)nc(-c2ccncc2)cc1=O. The summed E-state index contributed by atoms with van der Waals surface area (Å²) in [6.07, 6.45) is 4.99. The average molecular weight is 432 g/mol. The van der Waals surface area contributed by atoms with Crippen LogP contribution in [0.25, 0.3) is 11.3 Å². The lowest BCUT2D eigenvalue weighted by Gasteiger charge is -2.33. The van der Waals surface area contributed by atoms with Crippen molar-refractivity contribution < 1.29 is 14.3 Å². The molecule has 0 amide bonds. The smallest absolute Gasteiger partial charge is 0.255 e. The molecule has 2 aliphatic rings. The summed E-state index contributed by atoms with van der Waals surface area (Å²) in [5, 5.41) is 0. The van der Waals surface area contributed by atoms with Gasteiger partial charge in [-0.05, 0) is 43.2 Å². The molecule has 5 rings (SSSR count). The monoisotopic (exact) mass is 432 g/mol. The van der Waals surface area contributed by atoms with Crippen LogP contribution < -0.4 is 19.9 Å². The Balaban J connectivity index is 1.41. The third-order valence-corrected chi connectivity index (χ3v) is 5.99. The van der Waals surface area contributed by atoms with Crippen molar-refractivity contribution in [2.75, 3.05) is 31.2 Å². The van der Waals surface area contributed by atoms with Crippen molar-refractivity contribution >= 4 is 11.7 Å². The van der Waals surface area contributed by atoms with Crippen molar-refractivity contribution in [1.29, 1.82) is 0 Å². The fraction of sp³-hybridized carbons (Fsp3) is 0.333. The first kappa shape index (κ1) is 20.2. The number of nitrogens with zero attached hydrogens (tertiary/aromatic N) is 4. The number of anilines is 1. The Morgan fingerprint density at radius 2 is 1.84 bits per heavy atom. The van der Waals surface area contributed by atoms with Crippen LogP contribution >= 0.6 is 0 Å². The number of carbonyl (C=O) groups excluding carboxylic acids is 1. The second-order valence-electron chi connectivity index (χ2n) is 8.08. The van der Waals surface area contributed by atoms with Crippen molar-refractivity contribution in [3.63, 3.8) is 0 Å². The van der Waals surface area contributed by atoms with Crippen molar-refractivity contribution in [2.24, 2.45) is 13.0 Å². The Bertz CT molecular complexity index is 1210. The summed E-state index contributed by atoms with van der Waals surface area (Å²) in [6.45, 7) is 2.25. The summed E-state index contributed by atoms with van der Waals surface area (Å²) in [7, 11) is 1.72. The van der Waals surface area contributed by atoms with E-state index in [1.807, 2.05) is 17.0 Å². The first-order valence-electron chi connectivity index (χ1n) is 10.8. The topological polar surface area (TPSA) is 86.6 Å². The maximum Gasteiger partial charge on any atom is 0.255 e. The fourth-order valence-corrected chi connectivity index (χ4v) is 4.29. The molecule has 164 valence electrons. The van der Waals surface area contributed by atoms with E-state index < -0.39 is 0 Å². The van der Waals surface area contributed by atoms with Gasteiger partial charge in [-0.3, -0.25) is 19.1 Å². The number of ether oxygens (including phenoxy) is 2. The molecule has 0 saturated carbocycles. The highest BCUT2D eigenvalue weighted by atomic mass is 16.6. The van der Waals surface area contributed by atoms with Crippen LogP contribution in [0.15, 0.2) is 53.6 Å². The number of rotatable bonds is 4. The molecule has 2 aliphatic heterocycles. The Morgan fingerprint density at radius 3 is 2.66 bits per heavy atom. The first-order valence-corrected chi connectivity index (χ1v) is 10.8. The van der Waals surface area contributed by atoms with E-state index in [2.05, 4.69) is 4.98 Å². The maximum absolute atomic E-state index is 13.3. The molecule has 0 radical (unpaired) electrons. The molecular weight excluding hydrogens is 408 g/mol. The maximum atomic E-state index is 13.3. The van der Waals surface area contributed by atoms with Gasteiger partial charge in [-0.2, -0.15) is 0 Å². The lowest BCUT2D eigenvalue weighted by molar-refractivity contribution is 0.0905. The lowest BCUT2D eigenvalue weighted by atomic mass is 9.90. The predicted octanol–water partition coefficient (Wildman–Crippen LogP) is 2.71. The average Bonchev–Trinajstić information content (AvgIpc) is 2.85. The van der Waals surface area contributed by atoms with E-state index in [9.17, 15) is 9.59 Å². The Morgan fingerprint density at radius 1 is 1.06 bits per heavy atom. The molecule has 32 heavy (non-hydrogen) atoms. The minimum Gasteiger partial charge on any atom is -0.486 e. The van der Waals surface area contributed by atoms with Gasteiger partial charge in [-0.15, -0.1) is 0 Å². The van der Waals surface area contributed by atoms with E-state index in [1.54, 1.807) is 42.2 Å². The molecular formula is C24H24N4O4. The molecule has 2 aromatic heterocycles. The number of carbonyl (C=O) groups is 1. The minimum absolute atomic E-state index is 0.0713. The van der Waals surface area contributed by atoms with E-state index in [4.69, 9.17) is 14.5 Å². The Kier molecular flexibility index (Phi) is 5.34. The second-order valence-corrected chi connectivity index (χ2v) is 8.08. The Labute approximate surface area is 185 Å². The molecule has 1 atom stereocenters. The van der Waals surface area contributed by atoms with E-state index in [-0.39, 0.29) is 17.3 Å². The van der Waals surface area contributed by atoms with Gasteiger partial charge in [0.25, 0.3) is 5.56 Å². The van der Waals surface area contributed by atoms with Gasteiger partial charge in [0.15, 0.2) is 17.3 Å². The van der Waals surface area contributed by atoms with Gasteiger partial charge in [0.05, 0.1) is 5.69 Å². The normalized spacial score (nSPS) is 17.8. The van der Waals surface area contributed by atoms with E-state index >= 15 is 0 Å². The van der Waals surface area contributed by atoms with Crippen LogP contribution in [-0.2, 0) is 7.05 Å². The summed E-state index contributed by atoms with van der Waals surface area (Å²) in [4.78, 5) is 36.8. The zero-order valence-electron chi connectivity index (χ0n) is 17.9. The third-order valence-electron chi connectivity index (χ3n) is 5.99. The third kappa shape index (κ3) is 3.84. The van der Waals surface area contributed by atoms with Gasteiger partial charge < -0.3 is 14.4 Å². The van der Waals surface area contributed by atoms with Crippen molar-refractivity contribution in [2.45, 2.75) is 12.8 Å². The zero-order valence-corrected chi connectivity index (χ0v) is 17.9. The van der Waals surface area contributed by atoms with Gasteiger partial charge in [0.1, 0.15) is 13.2 Å². The van der Waals surface area contributed by atoms with Gasteiger partial charge in [0.2, 0.25) is 5.95 Å². The summed E-state index contributed by atoms with van der Waals surface area (Å²) < 4.78 is 12.7. The summed E-state index contributed by atoms with van der Waals surface area (Å²) in [5.74, 6) is 1.74. The highest BCUT2D eigenvalue weighted by Crippen LogP contribution is 2.33. The van der Waals surface area contributed by atoms with Gasteiger partial charge >= 0.3 is 0 Å². The number of Topliss-reactive ketones (excluding diaryl/α,β-unsaturated/α-hetero) is 1. The molecule has 0 aliphatic carbocycles. The van der Waals surface area contributed by atoms with Gasteiger partial charge in [-0.1, -0.05) is 0 Å². The number of benzene rings is 1. The van der Waals surface area contributed by atoms with Crippen LogP contribution in [0.1, 0.15) is 23.2 Å². The molecule has 1 fully saturated rings. The van der Waals surface area contributed by atoms with Crippen LogP contribution in [-0.4, -0.2) is 46.6 Å². The first-order chi connectivity index (χ1) is 15.6. The molecule has 1 saturated heterocycles. The number of fused-ring (bicyclic) bond motifs is 1. The molecule has 4 heterocycles. The van der Waals surface area contributed by atoms with Crippen molar-refractivity contribution in [3.05, 3.63) is 64.7 Å². The number of hydrogen-bond donors (Lipinski definition) is 0. The zero-order chi connectivity index (χ0) is 22.1. The highest BCUT2D eigenvalue weighted by molar-refractivity contribution is 5.99. The standard InChI is InChI=1S/C24H24N4O4/c1-27-22(29)14-19(16-6-8-25-9-7-16)26-24(27)28-10-2-3-18(15-28)23(30)17-4-5-20-21(13-17)32-12-11-31-20/h4-9,13-14,18H,2-3,10-12,15H2,1H3. The number of hydrogen-bond acceptors (Lipinski definition) is 7. The fourth-order valence-electron chi connectivity index (χ4n) is 4.29. The number of aromatic nitrogens is 3. The number of pyridine rings is 1. The predicted molar refractivity (Wildman–Crippen MR) is 119 cm³/mol. The molecule has 8 heteroatoms. The van der Waals surface area contributed by atoms with Crippen LogP contribution in [0.2, 0.25) is 0 Å². The van der Waals surface area contributed by atoms with Gasteiger partial charge in [0, 0.05) is 55.6 Å². The van der Waals surface area contributed by atoms with Crippen molar-refractivity contribution in [3.8, 4) is 22.8 Å². The molecule has 0 bridgehead atoms. The molecule has 8 nitrogen and oxygen atoms in total. The molecule has 3 aromatic rings. The van der Waals surface area contributed by atoms with Gasteiger partial charge in [-0.25, -0.2) is 4.98 Å². The number of ketones is 1. The minimum atomic E-state index is -0.187. The van der Waals surface area contributed by atoms with E-state index in [0.717, 1.165) is 24.9 Å². The van der Waals surface area contributed by atoms with Crippen molar-refractivity contribution in [1.82, 2.24) is 14.5 Å². The van der Waals surface area contributed by atoms with Crippen LogP contribution in [0, 0.1) is 5.92 Å². The van der Waals surface area contributed by atoms with Crippen LogP contribution in [0.4, 0.5) is 5.95 Å². The lowest BCUT2D eigenvalue weighted by Crippen LogP contribution is -2.42. The van der Waals surface area contributed by atoms with E-state index in [0.29, 0.717) is 48.5 Å². The number of piperidine rings is 1. The summed E-state index contributed by atoms with van der Waals surface area (Å²) in [5.41, 5.74) is 1.92. The largest absolute Gasteiger partial charge is 0.486 e. The van der Waals surface area contributed by atoms with Crippen LogP contribution in [0.5, 0.6) is 11.5 Å². The quantitative estimate of drug-likeness (QED) is 0.586. The molecule has 1 aromatic carbocycles. The Hall–Kier alpha value is -3.68. The summed E-state index contributed by atoms with van der Waals surface area (Å²) >= 11 is 0. The van der Waals surface area contributed by atoms with E-state index in [1.165, 1.54) is 6.07 Å². The summed E-state index contributed by atoms with van der Waals surface area (Å²) in [6, 6.07) is 10.6. The second kappa shape index (κ2) is 8.45. The van der Waals surface area contributed by atoms with Crippen LogP contribution in [0.3, 0.4) is 0 Å². The molecule has 0 spiro atoms. The molecule has 1 unspecified atom stereocenters. The highest BCUT2D eigenvalue weighted by Gasteiger charge is 2.29.